The summed E-state index contributed by atoms with van der Waals surface area (Å²) in [6.45, 7) is 5.99. The Hall–Kier alpha value is -0.900. The monoisotopic (exact) mass is 341 g/mol. The number of piperidine rings is 1. The molecule has 0 N–H and O–H groups in total. The van der Waals surface area contributed by atoms with Crippen LogP contribution in [0.2, 0.25) is 0 Å². The summed E-state index contributed by atoms with van der Waals surface area (Å²) in [7, 11) is 0. The van der Waals surface area contributed by atoms with Gasteiger partial charge in [-0.2, -0.15) is 0 Å². The highest BCUT2D eigenvalue weighted by Crippen LogP contribution is 2.38. The van der Waals surface area contributed by atoms with Crippen molar-refractivity contribution in [3.8, 4) is 0 Å². The minimum absolute atomic E-state index is 0.0721. The molecule has 1 aliphatic heterocycles. The van der Waals surface area contributed by atoms with Gasteiger partial charge in [0.1, 0.15) is 5.82 Å². The van der Waals surface area contributed by atoms with E-state index in [4.69, 9.17) is 0 Å². The highest BCUT2D eigenvalue weighted by molar-refractivity contribution is 9.10. The number of benzene rings is 1. The lowest BCUT2D eigenvalue weighted by Crippen LogP contribution is -2.43. The first-order valence-electron chi connectivity index (χ1n) is 7.26. The lowest BCUT2D eigenvalue weighted by molar-refractivity contribution is 0.0556. The van der Waals surface area contributed by atoms with Crippen molar-refractivity contribution in [2.24, 2.45) is 5.41 Å². The second-order valence-electron chi connectivity index (χ2n) is 5.60. The zero-order chi connectivity index (χ0) is 14.8. The highest BCUT2D eigenvalue weighted by Gasteiger charge is 2.33. The summed E-state index contributed by atoms with van der Waals surface area (Å²) in [5.74, 6) is -0.457. The van der Waals surface area contributed by atoms with Crippen LogP contribution < -0.4 is 0 Å². The minimum Gasteiger partial charge on any atom is -0.339 e. The van der Waals surface area contributed by atoms with Gasteiger partial charge in [0.2, 0.25) is 0 Å². The van der Waals surface area contributed by atoms with Gasteiger partial charge in [0.25, 0.3) is 5.91 Å². The van der Waals surface area contributed by atoms with Crippen LogP contribution in [-0.2, 0) is 0 Å². The Morgan fingerprint density at radius 1 is 1.30 bits per heavy atom. The molecule has 0 unspecified atom stereocenters. The molecule has 110 valence electrons. The number of likely N-dealkylation sites (tertiary alicyclic amines) is 1. The molecular weight excluding hydrogens is 321 g/mol. The molecule has 2 nitrogen and oxygen atoms in total. The van der Waals surface area contributed by atoms with Gasteiger partial charge in [-0.25, -0.2) is 4.39 Å². The molecule has 0 radical (unpaired) electrons. The molecule has 1 aromatic carbocycles. The molecule has 1 fully saturated rings. The quantitative estimate of drug-likeness (QED) is 0.784. The van der Waals surface area contributed by atoms with Crippen molar-refractivity contribution in [1.82, 2.24) is 4.90 Å². The number of hydrogen-bond acceptors (Lipinski definition) is 1. The van der Waals surface area contributed by atoms with Crippen molar-refractivity contribution in [3.05, 3.63) is 34.1 Å². The third-order valence-electron chi connectivity index (χ3n) is 4.79. The van der Waals surface area contributed by atoms with Crippen LogP contribution in [0.3, 0.4) is 0 Å². The molecule has 1 heterocycles. The predicted molar refractivity (Wildman–Crippen MR) is 82.3 cm³/mol. The van der Waals surface area contributed by atoms with Gasteiger partial charge in [-0.05, 0) is 46.3 Å². The Balaban J connectivity index is 2.11. The summed E-state index contributed by atoms with van der Waals surface area (Å²) >= 11 is 3.17. The van der Waals surface area contributed by atoms with E-state index in [-0.39, 0.29) is 16.2 Å². The van der Waals surface area contributed by atoms with Crippen LogP contribution in [0.4, 0.5) is 4.39 Å². The molecule has 0 aromatic heterocycles. The van der Waals surface area contributed by atoms with Crippen molar-refractivity contribution >= 4 is 21.8 Å². The van der Waals surface area contributed by atoms with Gasteiger partial charge in [0.05, 0.1) is 10.0 Å². The van der Waals surface area contributed by atoms with Crippen LogP contribution in [0.25, 0.3) is 0 Å². The Kier molecular flexibility index (Phi) is 4.84. The normalized spacial score (nSPS) is 18.1. The number of carbonyl (C=O) groups is 1. The highest BCUT2D eigenvalue weighted by atomic mass is 79.9. The first-order chi connectivity index (χ1) is 9.53. The van der Waals surface area contributed by atoms with Gasteiger partial charge in [0, 0.05) is 13.1 Å². The fourth-order valence-corrected chi connectivity index (χ4v) is 3.41. The van der Waals surface area contributed by atoms with Crippen molar-refractivity contribution in [1.29, 1.82) is 0 Å². The van der Waals surface area contributed by atoms with Gasteiger partial charge < -0.3 is 4.90 Å². The van der Waals surface area contributed by atoms with Gasteiger partial charge in [-0.15, -0.1) is 0 Å². The van der Waals surface area contributed by atoms with Crippen molar-refractivity contribution < 1.29 is 9.18 Å². The smallest absolute Gasteiger partial charge is 0.255 e. The largest absolute Gasteiger partial charge is 0.339 e. The zero-order valence-electron chi connectivity index (χ0n) is 12.1. The lowest BCUT2D eigenvalue weighted by Gasteiger charge is -2.41. The molecule has 1 aliphatic rings. The maximum Gasteiger partial charge on any atom is 0.255 e. The topological polar surface area (TPSA) is 20.3 Å². The molecule has 4 heteroatoms. The molecule has 2 rings (SSSR count). The molecule has 0 atom stereocenters. The second kappa shape index (κ2) is 6.25. The molecule has 0 spiro atoms. The van der Waals surface area contributed by atoms with E-state index in [1.54, 1.807) is 12.1 Å². The Morgan fingerprint density at radius 2 is 1.90 bits per heavy atom. The van der Waals surface area contributed by atoms with E-state index in [1.165, 1.54) is 6.07 Å². The average molecular weight is 342 g/mol. The third-order valence-corrected chi connectivity index (χ3v) is 5.60. The third kappa shape index (κ3) is 2.90. The van der Waals surface area contributed by atoms with Crippen LogP contribution in [0.1, 0.15) is 49.9 Å². The zero-order valence-corrected chi connectivity index (χ0v) is 13.7. The molecule has 0 aliphatic carbocycles. The molecular formula is C16H21BrFNO. The maximum atomic E-state index is 13.5. The van der Waals surface area contributed by atoms with Crippen LogP contribution in [0.5, 0.6) is 0 Å². The number of rotatable bonds is 3. The Morgan fingerprint density at radius 3 is 2.45 bits per heavy atom. The average Bonchev–Trinajstić information content (AvgIpc) is 2.49. The number of amides is 1. The predicted octanol–water partition coefficient (Wildman–Crippen LogP) is 4.63. The van der Waals surface area contributed by atoms with Crippen LogP contribution >= 0.6 is 15.9 Å². The number of halogens is 2. The van der Waals surface area contributed by atoms with E-state index < -0.39 is 0 Å². The van der Waals surface area contributed by atoms with E-state index in [2.05, 4.69) is 29.8 Å². The summed E-state index contributed by atoms with van der Waals surface area (Å²) in [5, 5.41) is 0. The fourth-order valence-electron chi connectivity index (χ4n) is 2.98. The molecule has 20 heavy (non-hydrogen) atoms. The second-order valence-corrected chi connectivity index (χ2v) is 6.39. The van der Waals surface area contributed by atoms with Gasteiger partial charge in [0.15, 0.2) is 0 Å². The van der Waals surface area contributed by atoms with Crippen LogP contribution in [-0.4, -0.2) is 23.9 Å². The Labute approximate surface area is 128 Å². The van der Waals surface area contributed by atoms with Crippen LogP contribution in [0, 0.1) is 11.2 Å². The SMILES string of the molecule is CCC1(CC)CCN(C(=O)c2cccc(F)c2Br)CC1. The van der Waals surface area contributed by atoms with E-state index in [1.807, 2.05) is 4.90 Å². The van der Waals surface area contributed by atoms with Crippen molar-refractivity contribution in [2.45, 2.75) is 39.5 Å². The summed E-state index contributed by atoms with van der Waals surface area (Å²) < 4.78 is 13.8. The summed E-state index contributed by atoms with van der Waals surface area (Å²) in [6.07, 6.45) is 4.40. The number of hydrogen-bond donors (Lipinski definition) is 0. The molecule has 1 aromatic rings. The molecule has 0 saturated carbocycles. The van der Waals surface area contributed by atoms with Gasteiger partial charge in [-0.3, -0.25) is 4.79 Å². The molecule has 1 saturated heterocycles. The minimum atomic E-state index is -0.385. The summed E-state index contributed by atoms with van der Waals surface area (Å²) in [4.78, 5) is 14.3. The summed E-state index contributed by atoms with van der Waals surface area (Å²) in [5.41, 5.74) is 0.807. The van der Waals surface area contributed by atoms with E-state index in [0.29, 0.717) is 11.0 Å². The number of carbonyl (C=O) groups excluding carboxylic acids is 1. The van der Waals surface area contributed by atoms with E-state index in [0.717, 1.165) is 38.8 Å². The number of nitrogens with zero attached hydrogens (tertiary/aromatic N) is 1. The maximum absolute atomic E-state index is 13.5. The van der Waals surface area contributed by atoms with E-state index in [9.17, 15) is 9.18 Å². The Bertz CT molecular complexity index is 489. The van der Waals surface area contributed by atoms with Crippen molar-refractivity contribution in [2.75, 3.05) is 13.1 Å². The first-order valence-corrected chi connectivity index (χ1v) is 8.05. The van der Waals surface area contributed by atoms with Gasteiger partial charge >= 0.3 is 0 Å². The van der Waals surface area contributed by atoms with E-state index >= 15 is 0 Å². The van der Waals surface area contributed by atoms with Crippen LogP contribution in [0.15, 0.2) is 22.7 Å². The first kappa shape index (κ1) is 15.5. The van der Waals surface area contributed by atoms with Gasteiger partial charge in [-0.1, -0.05) is 32.8 Å². The van der Waals surface area contributed by atoms with Crippen molar-refractivity contribution in [3.63, 3.8) is 0 Å². The molecule has 0 bridgehead atoms. The lowest BCUT2D eigenvalue weighted by atomic mass is 9.74. The fraction of sp³-hybridized carbons (Fsp3) is 0.562. The summed E-state index contributed by atoms with van der Waals surface area (Å²) in [6, 6.07) is 4.62. The standard InChI is InChI=1S/C16H21BrFNO/c1-3-16(4-2)8-10-19(11-9-16)15(20)12-6-5-7-13(18)14(12)17/h5-7H,3-4,8-11H2,1-2H3. The molecule has 1 amide bonds.